The van der Waals surface area contributed by atoms with Gasteiger partial charge in [-0.1, -0.05) is 33.6 Å². The first-order valence-corrected chi connectivity index (χ1v) is 7.99. The fraction of sp³-hybridized carbons (Fsp3) is 0.938. The minimum Gasteiger partial charge on any atom is -0.341 e. The van der Waals surface area contributed by atoms with Crippen molar-refractivity contribution < 1.29 is 4.79 Å². The van der Waals surface area contributed by atoms with Crippen molar-refractivity contribution in [2.75, 3.05) is 13.1 Å². The fourth-order valence-corrected chi connectivity index (χ4v) is 3.96. The summed E-state index contributed by atoms with van der Waals surface area (Å²) in [5.41, 5.74) is 6.09. The third-order valence-electron chi connectivity index (χ3n) is 5.12. The zero-order valence-corrected chi connectivity index (χ0v) is 12.8. The maximum absolute atomic E-state index is 13.0. The Hall–Kier alpha value is -0.570. The lowest BCUT2D eigenvalue weighted by Gasteiger charge is -2.41. The number of nitrogens with two attached hydrogens (primary N) is 1. The van der Waals surface area contributed by atoms with E-state index in [2.05, 4.69) is 25.7 Å². The first kappa shape index (κ1) is 14.8. The predicted octanol–water partition coefficient (Wildman–Crippen LogP) is 2.79. The molecule has 110 valence electrons. The van der Waals surface area contributed by atoms with Gasteiger partial charge in [0.1, 0.15) is 0 Å². The van der Waals surface area contributed by atoms with Crippen molar-refractivity contribution in [2.24, 2.45) is 23.0 Å². The van der Waals surface area contributed by atoms with Crippen LogP contribution in [0.5, 0.6) is 0 Å². The van der Waals surface area contributed by atoms with Gasteiger partial charge < -0.3 is 10.6 Å². The van der Waals surface area contributed by atoms with Crippen LogP contribution in [0.4, 0.5) is 0 Å². The quantitative estimate of drug-likeness (QED) is 0.854. The molecule has 3 heteroatoms. The molecule has 1 heterocycles. The number of hydrogen-bond acceptors (Lipinski definition) is 2. The van der Waals surface area contributed by atoms with E-state index in [-0.39, 0.29) is 11.5 Å². The van der Waals surface area contributed by atoms with Crippen molar-refractivity contribution in [2.45, 2.75) is 65.3 Å². The van der Waals surface area contributed by atoms with E-state index < -0.39 is 0 Å². The smallest absolute Gasteiger partial charge is 0.228 e. The number of likely N-dealkylation sites (tertiary alicyclic amines) is 1. The number of piperidine rings is 1. The monoisotopic (exact) mass is 266 g/mol. The summed E-state index contributed by atoms with van der Waals surface area (Å²) in [6.07, 6.45) is 6.72. The highest BCUT2D eigenvalue weighted by Crippen LogP contribution is 2.45. The first-order chi connectivity index (χ1) is 8.94. The summed E-state index contributed by atoms with van der Waals surface area (Å²) in [5, 5.41) is 0. The molecule has 0 aromatic heterocycles. The second-order valence-electron chi connectivity index (χ2n) is 7.27. The number of nitrogens with zero attached hydrogens (tertiary/aromatic N) is 1. The molecule has 1 amide bonds. The molecule has 0 spiro atoms. The highest BCUT2D eigenvalue weighted by molar-refractivity contribution is 5.83. The molecule has 1 saturated carbocycles. The number of carbonyl (C=O) groups is 1. The first-order valence-electron chi connectivity index (χ1n) is 7.99. The van der Waals surface area contributed by atoms with Gasteiger partial charge in [0.05, 0.1) is 0 Å². The van der Waals surface area contributed by atoms with Gasteiger partial charge in [0.25, 0.3) is 0 Å². The van der Waals surface area contributed by atoms with E-state index in [0.29, 0.717) is 17.7 Å². The third-order valence-corrected chi connectivity index (χ3v) is 5.12. The van der Waals surface area contributed by atoms with E-state index in [1.54, 1.807) is 0 Å². The minimum absolute atomic E-state index is 0.0610. The van der Waals surface area contributed by atoms with E-state index in [1.807, 2.05) is 0 Å². The van der Waals surface area contributed by atoms with Gasteiger partial charge in [0, 0.05) is 24.5 Å². The van der Waals surface area contributed by atoms with Gasteiger partial charge in [0.15, 0.2) is 0 Å². The van der Waals surface area contributed by atoms with Crippen molar-refractivity contribution in [1.82, 2.24) is 4.90 Å². The highest BCUT2D eigenvalue weighted by Gasteiger charge is 2.44. The summed E-state index contributed by atoms with van der Waals surface area (Å²) in [6, 6.07) is 0.162. The normalized spacial score (nSPS) is 30.9. The van der Waals surface area contributed by atoms with Gasteiger partial charge in [-0.2, -0.15) is 0 Å². The maximum atomic E-state index is 13.0. The molecule has 0 radical (unpaired) electrons. The number of carbonyl (C=O) groups excluding carboxylic acids is 1. The number of rotatable bonds is 3. The van der Waals surface area contributed by atoms with Crippen LogP contribution in [0.25, 0.3) is 0 Å². The molecule has 3 nitrogen and oxygen atoms in total. The SMILES string of the molecule is CC(C)CC1(C(=O)N2CCC(C)C(N)C2)CCCC1. The Labute approximate surface area is 117 Å². The molecule has 2 fully saturated rings. The van der Waals surface area contributed by atoms with E-state index in [1.165, 1.54) is 12.8 Å². The second kappa shape index (κ2) is 5.82. The fourth-order valence-electron chi connectivity index (χ4n) is 3.96. The third kappa shape index (κ3) is 3.13. The van der Waals surface area contributed by atoms with E-state index in [4.69, 9.17) is 5.73 Å². The van der Waals surface area contributed by atoms with Crippen molar-refractivity contribution >= 4 is 5.91 Å². The molecule has 2 N–H and O–H groups in total. The van der Waals surface area contributed by atoms with Gasteiger partial charge in [-0.25, -0.2) is 0 Å². The summed E-state index contributed by atoms with van der Waals surface area (Å²) in [5.74, 6) is 1.55. The zero-order chi connectivity index (χ0) is 14.0. The Bertz CT molecular complexity index is 321. The van der Waals surface area contributed by atoms with E-state index >= 15 is 0 Å². The van der Waals surface area contributed by atoms with Crippen molar-refractivity contribution in [3.8, 4) is 0 Å². The lowest BCUT2D eigenvalue weighted by atomic mass is 9.76. The average Bonchev–Trinajstić information content (AvgIpc) is 2.80. The molecule has 0 bridgehead atoms. The van der Waals surface area contributed by atoms with Crippen LogP contribution >= 0.6 is 0 Å². The van der Waals surface area contributed by atoms with Gasteiger partial charge in [-0.3, -0.25) is 4.79 Å². The van der Waals surface area contributed by atoms with Crippen LogP contribution in [0, 0.1) is 17.3 Å². The number of hydrogen-bond donors (Lipinski definition) is 1. The summed E-state index contributed by atoms with van der Waals surface area (Å²) in [6.45, 7) is 8.34. The van der Waals surface area contributed by atoms with Crippen LogP contribution in [0.15, 0.2) is 0 Å². The Kier molecular flexibility index (Phi) is 4.54. The van der Waals surface area contributed by atoms with Crippen molar-refractivity contribution in [3.63, 3.8) is 0 Å². The molecule has 2 atom stereocenters. The largest absolute Gasteiger partial charge is 0.341 e. The van der Waals surface area contributed by atoms with Gasteiger partial charge >= 0.3 is 0 Å². The predicted molar refractivity (Wildman–Crippen MR) is 78.7 cm³/mol. The second-order valence-corrected chi connectivity index (χ2v) is 7.27. The van der Waals surface area contributed by atoms with Crippen molar-refractivity contribution in [1.29, 1.82) is 0 Å². The summed E-state index contributed by atoms with van der Waals surface area (Å²) >= 11 is 0. The molecule has 1 aliphatic heterocycles. The highest BCUT2D eigenvalue weighted by atomic mass is 16.2. The van der Waals surface area contributed by atoms with Gasteiger partial charge in [-0.15, -0.1) is 0 Å². The molecule has 2 unspecified atom stereocenters. The summed E-state index contributed by atoms with van der Waals surface area (Å²) < 4.78 is 0. The zero-order valence-electron chi connectivity index (χ0n) is 12.8. The Morgan fingerprint density at radius 1 is 1.37 bits per heavy atom. The van der Waals surface area contributed by atoms with Crippen LogP contribution in [-0.4, -0.2) is 29.9 Å². The Morgan fingerprint density at radius 3 is 2.53 bits per heavy atom. The topological polar surface area (TPSA) is 46.3 Å². The summed E-state index contributed by atoms with van der Waals surface area (Å²) in [7, 11) is 0. The number of amides is 1. The Balaban J connectivity index is 2.07. The molecular weight excluding hydrogens is 236 g/mol. The lowest BCUT2D eigenvalue weighted by molar-refractivity contribution is -0.144. The van der Waals surface area contributed by atoms with Crippen LogP contribution in [0.3, 0.4) is 0 Å². The molecule has 1 aliphatic carbocycles. The molecule has 0 aromatic carbocycles. The van der Waals surface area contributed by atoms with Crippen LogP contribution in [0.2, 0.25) is 0 Å². The molecule has 2 rings (SSSR count). The molecule has 0 aromatic rings. The van der Waals surface area contributed by atoms with Crippen LogP contribution in [0.1, 0.15) is 59.3 Å². The average molecular weight is 266 g/mol. The van der Waals surface area contributed by atoms with Crippen molar-refractivity contribution in [3.05, 3.63) is 0 Å². The van der Waals surface area contributed by atoms with Gasteiger partial charge in [-0.05, 0) is 37.5 Å². The maximum Gasteiger partial charge on any atom is 0.228 e. The standard InChI is InChI=1S/C16H30N2O/c1-12(2)10-16(7-4-5-8-16)15(19)18-9-6-13(3)14(17)11-18/h12-14H,4-11,17H2,1-3H3. The summed E-state index contributed by atoms with van der Waals surface area (Å²) in [4.78, 5) is 15.0. The lowest BCUT2D eigenvalue weighted by Crippen LogP contribution is -2.53. The van der Waals surface area contributed by atoms with E-state index in [0.717, 1.165) is 38.8 Å². The van der Waals surface area contributed by atoms with Gasteiger partial charge in [0.2, 0.25) is 5.91 Å². The molecular formula is C16H30N2O. The molecule has 2 aliphatic rings. The van der Waals surface area contributed by atoms with Crippen LogP contribution < -0.4 is 5.73 Å². The van der Waals surface area contributed by atoms with Crippen LogP contribution in [-0.2, 0) is 4.79 Å². The molecule has 19 heavy (non-hydrogen) atoms. The molecule has 1 saturated heterocycles. The Morgan fingerprint density at radius 2 is 2.00 bits per heavy atom. The minimum atomic E-state index is -0.0610. The van der Waals surface area contributed by atoms with E-state index in [9.17, 15) is 4.79 Å².